The van der Waals surface area contributed by atoms with Crippen molar-refractivity contribution in [2.45, 2.75) is 27.0 Å². The maximum Gasteiger partial charge on any atom is 0.127 e. The molecular formula is C16H17ClFNO. The third-order valence-corrected chi connectivity index (χ3v) is 3.74. The quantitative estimate of drug-likeness (QED) is 0.920. The van der Waals surface area contributed by atoms with Crippen LogP contribution in [0.2, 0.25) is 5.02 Å². The number of hydrogen-bond donors (Lipinski definition) is 1. The van der Waals surface area contributed by atoms with Gasteiger partial charge in [0.1, 0.15) is 18.2 Å². The fourth-order valence-electron chi connectivity index (χ4n) is 2.03. The first kappa shape index (κ1) is 14.8. The van der Waals surface area contributed by atoms with Crippen LogP contribution in [-0.2, 0) is 13.2 Å². The number of hydrogen-bond acceptors (Lipinski definition) is 2. The van der Waals surface area contributed by atoms with Gasteiger partial charge in [0.05, 0.1) is 0 Å². The van der Waals surface area contributed by atoms with Gasteiger partial charge < -0.3 is 10.5 Å². The van der Waals surface area contributed by atoms with Crippen molar-refractivity contribution in [1.82, 2.24) is 0 Å². The molecular weight excluding hydrogens is 277 g/mol. The van der Waals surface area contributed by atoms with E-state index in [1.54, 1.807) is 12.1 Å². The molecule has 0 aliphatic rings. The Balaban J connectivity index is 2.13. The van der Waals surface area contributed by atoms with Gasteiger partial charge >= 0.3 is 0 Å². The summed E-state index contributed by atoms with van der Waals surface area (Å²) in [6.07, 6.45) is 0. The second kappa shape index (κ2) is 6.25. The van der Waals surface area contributed by atoms with E-state index >= 15 is 0 Å². The van der Waals surface area contributed by atoms with E-state index in [1.807, 2.05) is 26.0 Å². The minimum Gasteiger partial charge on any atom is -0.489 e. The average molecular weight is 294 g/mol. The van der Waals surface area contributed by atoms with Crippen LogP contribution in [0.25, 0.3) is 0 Å². The van der Waals surface area contributed by atoms with Crippen LogP contribution in [0.3, 0.4) is 0 Å². The van der Waals surface area contributed by atoms with E-state index < -0.39 is 0 Å². The Bertz CT molecular complexity index is 605. The van der Waals surface area contributed by atoms with Gasteiger partial charge in [-0.15, -0.1) is 0 Å². The second-order valence-corrected chi connectivity index (χ2v) is 5.17. The molecule has 20 heavy (non-hydrogen) atoms. The smallest absolute Gasteiger partial charge is 0.127 e. The van der Waals surface area contributed by atoms with Crippen LogP contribution in [-0.4, -0.2) is 0 Å². The van der Waals surface area contributed by atoms with Crippen molar-refractivity contribution >= 4 is 11.6 Å². The standard InChI is InChI=1S/C16H17ClFNO/c1-10-5-14(6-11(2)16(10)17)20-9-12-3-4-15(18)13(7-12)8-19/h3-7H,8-9,19H2,1-2H3. The zero-order chi connectivity index (χ0) is 14.7. The van der Waals surface area contributed by atoms with Gasteiger partial charge in [-0.2, -0.15) is 0 Å². The largest absolute Gasteiger partial charge is 0.489 e. The van der Waals surface area contributed by atoms with Gasteiger partial charge in [0.25, 0.3) is 0 Å². The van der Waals surface area contributed by atoms with Crippen LogP contribution in [0, 0.1) is 19.7 Å². The third-order valence-electron chi connectivity index (χ3n) is 3.15. The number of nitrogens with two attached hydrogens (primary N) is 1. The van der Waals surface area contributed by atoms with E-state index in [-0.39, 0.29) is 12.4 Å². The van der Waals surface area contributed by atoms with Crippen LogP contribution in [0.1, 0.15) is 22.3 Å². The minimum atomic E-state index is -0.283. The topological polar surface area (TPSA) is 35.2 Å². The van der Waals surface area contributed by atoms with Gasteiger partial charge in [-0.3, -0.25) is 0 Å². The van der Waals surface area contributed by atoms with Gasteiger partial charge in [0.2, 0.25) is 0 Å². The van der Waals surface area contributed by atoms with Gasteiger partial charge in [0, 0.05) is 17.1 Å². The molecule has 0 aromatic heterocycles. The lowest BCUT2D eigenvalue weighted by molar-refractivity contribution is 0.305. The highest BCUT2D eigenvalue weighted by atomic mass is 35.5. The molecule has 0 fully saturated rings. The summed E-state index contributed by atoms with van der Waals surface area (Å²) in [5.74, 6) is 0.470. The van der Waals surface area contributed by atoms with Crippen molar-refractivity contribution in [3.63, 3.8) is 0 Å². The van der Waals surface area contributed by atoms with E-state index in [1.165, 1.54) is 6.07 Å². The number of benzene rings is 2. The predicted octanol–water partition coefficient (Wildman–Crippen LogP) is 4.13. The molecule has 106 valence electrons. The average Bonchev–Trinajstić information content (AvgIpc) is 2.43. The van der Waals surface area contributed by atoms with Crippen LogP contribution >= 0.6 is 11.6 Å². The zero-order valence-electron chi connectivity index (χ0n) is 11.5. The Labute approximate surface area is 123 Å². The van der Waals surface area contributed by atoms with Crippen molar-refractivity contribution in [2.75, 3.05) is 0 Å². The molecule has 0 radical (unpaired) electrons. The number of ether oxygens (including phenoxy) is 1. The molecule has 0 aliphatic carbocycles. The molecule has 2 aromatic carbocycles. The van der Waals surface area contributed by atoms with Gasteiger partial charge in [-0.1, -0.05) is 17.7 Å². The summed E-state index contributed by atoms with van der Waals surface area (Å²) in [4.78, 5) is 0. The lowest BCUT2D eigenvalue weighted by atomic mass is 10.1. The summed E-state index contributed by atoms with van der Waals surface area (Å²) in [6, 6.07) is 8.62. The van der Waals surface area contributed by atoms with Crippen LogP contribution in [0.4, 0.5) is 4.39 Å². The van der Waals surface area contributed by atoms with Crippen LogP contribution in [0.15, 0.2) is 30.3 Å². The highest BCUT2D eigenvalue weighted by molar-refractivity contribution is 6.32. The maximum absolute atomic E-state index is 13.3. The maximum atomic E-state index is 13.3. The van der Waals surface area contributed by atoms with Crippen LogP contribution in [0.5, 0.6) is 5.75 Å². The summed E-state index contributed by atoms with van der Waals surface area (Å²) in [5, 5.41) is 0.754. The normalized spacial score (nSPS) is 10.7. The molecule has 2 nitrogen and oxygen atoms in total. The third kappa shape index (κ3) is 3.30. The summed E-state index contributed by atoms with van der Waals surface area (Å²) in [6.45, 7) is 4.42. The first-order chi connectivity index (χ1) is 9.51. The Kier molecular flexibility index (Phi) is 4.63. The zero-order valence-corrected chi connectivity index (χ0v) is 12.3. The van der Waals surface area contributed by atoms with E-state index in [9.17, 15) is 4.39 Å². The lowest BCUT2D eigenvalue weighted by Gasteiger charge is -2.11. The molecule has 2 aromatic rings. The van der Waals surface area contributed by atoms with E-state index in [0.717, 1.165) is 27.5 Å². The molecule has 2 N–H and O–H groups in total. The molecule has 0 heterocycles. The van der Waals surface area contributed by atoms with Crippen molar-refractivity contribution in [2.24, 2.45) is 5.73 Å². The highest BCUT2D eigenvalue weighted by Gasteiger charge is 2.05. The molecule has 0 saturated heterocycles. The molecule has 2 rings (SSSR count). The molecule has 0 aliphatic heterocycles. The van der Waals surface area contributed by atoms with E-state index in [2.05, 4.69) is 0 Å². The molecule has 4 heteroatoms. The summed E-state index contributed by atoms with van der Waals surface area (Å²) in [7, 11) is 0. The first-order valence-electron chi connectivity index (χ1n) is 6.38. The molecule has 0 spiro atoms. The van der Waals surface area contributed by atoms with Crippen molar-refractivity contribution in [3.8, 4) is 5.75 Å². The molecule has 0 bridgehead atoms. The summed E-state index contributed by atoms with van der Waals surface area (Å²) < 4.78 is 19.1. The van der Waals surface area contributed by atoms with Crippen molar-refractivity contribution in [3.05, 3.63) is 63.4 Å². The Morgan fingerprint density at radius 1 is 1.15 bits per heavy atom. The van der Waals surface area contributed by atoms with Crippen molar-refractivity contribution in [1.29, 1.82) is 0 Å². The number of aryl methyl sites for hydroxylation is 2. The Morgan fingerprint density at radius 2 is 1.80 bits per heavy atom. The Morgan fingerprint density at radius 3 is 2.40 bits per heavy atom. The van der Waals surface area contributed by atoms with Gasteiger partial charge in [-0.05, 0) is 54.8 Å². The summed E-state index contributed by atoms with van der Waals surface area (Å²) in [5.41, 5.74) is 8.82. The fraction of sp³-hybridized carbons (Fsp3) is 0.250. The van der Waals surface area contributed by atoms with Gasteiger partial charge in [0.15, 0.2) is 0 Å². The van der Waals surface area contributed by atoms with Crippen molar-refractivity contribution < 1.29 is 9.13 Å². The number of rotatable bonds is 4. The first-order valence-corrected chi connectivity index (χ1v) is 6.76. The SMILES string of the molecule is Cc1cc(OCc2ccc(F)c(CN)c2)cc(C)c1Cl. The summed E-state index contributed by atoms with van der Waals surface area (Å²) >= 11 is 6.11. The van der Waals surface area contributed by atoms with E-state index in [0.29, 0.717) is 12.2 Å². The molecule has 0 atom stereocenters. The fourth-order valence-corrected chi connectivity index (χ4v) is 2.14. The van der Waals surface area contributed by atoms with E-state index in [4.69, 9.17) is 22.1 Å². The molecule has 0 amide bonds. The van der Waals surface area contributed by atoms with Crippen LogP contribution < -0.4 is 10.5 Å². The molecule has 0 unspecified atom stereocenters. The second-order valence-electron chi connectivity index (χ2n) is 4.79. The highest BCUT2D eigenvalue weighted by Crippen LogP contribution is 2.26. The monoisotopic (exact) mass is 293 g/mol. The minimum absolute atomic E-state index is 0.179. The lowest BCUT2D eigenvalue weighted by Crippen LogP contribution is -2.03. The number of halogens is 2. The molecule has 0 saturated carbocycles. The van der Waals surface area contributed by atoms with Gasteiger partial charge in [-0.25, -0.2) is 4.39 Å². The predicted molar refractivity (Wildman–Crippen MR) is 79.5 cm³/mol. The Hall–Kier alpha value is -1.58.